The highest BCUT2D eigenvalue weighted by molar-refractivity contribution is 7.12. The van der Waals surface area contributed by atoms with Gasteiger partial charge in [-0.1, -0.05) is 11.8 Å². The number of thiophene rings is 1. The molecule has 1 aromatic heterocycles. The Hall–Kier alpha value is -1.35. The summed E-state index contributed by atoms with van der Waals surface area (Å²) in [5.74, 6) is 5.94. The predicted octanol–water partition coefficient (Wildman–Crippen LogP) is 1.13. The Morgan fingerprint density at radius 1 is 1.58 bits per heavy atom. The quantitative estimate of drug-likeness (QED) is 0.813. The number of rotatable bonds is 4. The Morgan fingerprint density at radius 2 is 2.47 bits per heavy atom. The Labute approximate surface area is 116 Å². The second-order valence-corrected chi connectivity index (χ2v) is 5.49. The zero-order valence-corrected chi connectivity index (χ0v) is 11.5. The molecule has 2 N–H and O–H groups in total. The number of carbonyl (C=O) groups excluding carboxylic acids is 1. The monoisotopic (exact) mass is 279 g/mol. The topological polar surface area (TPSA) is 58.6 Å². The van der Waals surface area contributed by atoms with E-state index in [-0.39, 0.29) is 18.4 Å². The zero-order valence-electron chi connectivity index (χ0n) is 10.6. The number of ether oxygens (including phenoxy) is 1. The maximum absolute atomic E-state index is 11.8. The summed E-state index contributed by atoms with van der Waals surface area (Å²) in [5, 5.41) is 11.6. The molecule has 1 aliphatic rings. The average molecular weight is 279 g/mol. The molecule has 0 saturated carbocycles. The number of hydrogen-bond donors (Lipinski definition) is 2. The molecule has 0 radical (unpaired) electrons. The van der Waals surface area contributed by atoms with Crippen molar-refractivity contribution in [1.29, 1.82) is 0 Å². The largest absolute Gasteiger partial charge is 0.395 e. The van der Waals surface area contributed by atoms with Gasteiger partial charge in [-0.3, -0.25) is 4.79 Å². The maximum Gasteiger partial charge on any atom is 0.225 e. The standard InChI is InChI=1S/C14H17NO3S/c16-7-2-1-3-12-4-5-13(19-12)9-15-14(17)11-6-8-18-10-11/h4-5,11,16H,2,6-10H2,(H,15,17). The molecule has 1 atom stereocenters. The molecule has 2 heterocycles. The van der Waals surface area contributed by atoms with Crippen LogP contribution in [0.4, 0.5) is 0 Å². The molecule has 0 aliphatic carbocycles. The van der Waals surface area contributed by atoms with Gasteiger partial charge in [0.1, 0.15) is 0 Å². The second-order valence-electron chi connectivity index (χ2n) is 4.32. The highest BCUT2D eigenvalue weighted by Crippen LogP contribution is 2.16. The first-order chi connectivity index (χ1) is 9.29. The number of aliphatic hydroxyl groups is 1. The van der Waals surface area contributed by atoms with E-state index in [4.69, 9.17) is 9.84 Å². The lowest BCUT2D eigenvalue weighted by Crippen LogP contribution is -2.30. The van der Waals surface area contributed by atoms with Crippen molar-refractivity contribution in [3.8, 4) is 11.8 Å². The summed E-state index contributed by atoms with van der Waals surface area (Å²) in [6.45, 7) is 1.85. The lowest BCUT2D eigenvalue weighted by atomic mass is 10.1. The average Bonchev–Trinajstić information content (AvgIpc) is 3.08. The summed E-state index contributed by atoms with van der Waals surface area (Å²) >= 11 is 1.57. The van der Waals surface area contributed by atoms with Crippen LogP contribution in [0.3, 0.4) is 0 Å². The third kappa shape index (κ3) is 4.35. The Bertz CT molecular complexity index is 480. The van der Waals surface area contributed by atoms with Crippen molar-refractivity contribution in [3.63, 3.8) is 0 Å². The zero-order chi connectivity index (χ0) is 13.5. The van der Waals surface area contributed by atoms with Crippen LogP contribution in [0, 0.1) is 17.8 Å². The number of amides is 1. The molecule has 5 heteroatoms. The van der Waals surface area contributed by atoms with E-state index in [0.717, 1.165) is 16.2 Å². The van der Waals surface area contributed by atoms with Gasteiger partial charge in [-0.25, -0.2) is 0 Å². The highest BCUT2D eigenvalue weighted by atomic mass is 32.1. The fourth-order valence-corrected chi connectivity index (χ4v) is 2.63. The fourth-order valence-electron chi connectivity index (χ4n) is 1.81. The molecule has 0 bridgehead atoms. The third-order valence-electron chi connectivity index (χ3n) is 2.85. The fraction of sp³-hybridized carbons (Fsp3) is 0.500. The molecule has 0 spiro atoms. The van der Waals surface area contributed by atoms with Crippen LogP contribution in [-0.4, -0.2) is 30.8 Å². The van der Waals surface area contributed by atoms with Crippen LogP contribution in [0.5, 0.6) is 0 Å². The lowest BCUT2D eigenvalue weighted by molar-refractivity contribution is -0.125. The van der Waals surface area contributed by atoms with Crippen LogP contribution in [0.2, 0.25) is 0 Å². The summed E-state index contributed by atoms with van der Waals surface area (Å²) in [6.07, 6.45) is 1.31. The van der Waals surface area contributed by atoms with E-state index in [0.29, 0.717) is 26.2 Å². The molecule has 1 aliphatic heterocycles. The first kappa shape index (κ1) is 14.1. The Kier molecular flexibility index (Phi) is 5.40. The van der Waals surface area contributed by atoms with E-state index in [1.165, 1.54) is 0 Å². The van der Waals surface area contributed by atoms with Crippen molar-refractivity contribution >= 4 is 17.2 Å². The van der Waals surface area contributed by atoms with Crippen molar-refractivity contribution in [2.75, 3.05) is 19.8 Å². The molecular formula is C14H17NO3S. The maximum atomic E-state index is 11.8. The number of hydrogen-bond acceptors (Lipinski definition) is 4. The van der Waals surface area contributed by atoms with Crippen LogP contribution in [0.15, 0.2) is 12.1 Å². The molecule has 19 heavy (non-hydrogen) atoms. The molecule has 102 valence electrons. The number of carbonyl (C=O) groups is 1. The molecule has 1 unspecified atom stereocenters. The second kappa shape index (κ2) is 7.29. The van der Waals surface area contributed by atoms with Crippen LogP contribution >= 0.6 is 11.3 Å². The molecule has 1 amide bonds. The van der Waals surface area contributed by atoms with Gasteiger partial charge in [0.15, 0.2) is 0 Å². The van der Waals surface area contributed by atoms with E-state index in [1.807, 2.05) is 12.1 Å². The van der Waals surface area contributed by atoms with E-state index in [1.54, 1.807) is 11.3 Å². The molecule has 4 nitrogen and oxygen atoms in total. The minimum absolute atomic E-state index is 0.00350. The molecule has 2 rings (SSSR count). The van der Waals surface area contributed by atoms with Gasteiger partial charge in [0.2, 0.25) is 5.91 Å². The SMILES string of the molecule is O=C(NCc1ccc(C#CCCO)s1)C1CCOC1. The molecule has 1 saturated heterocycles. The van der Waals surface area contributed by atoms with Crippen molar-refractivity contribution in [1.82, 2.24) is 5.32 Å². The van der Waals surface area contributed by atoms with Crippen molar-refractivity contribution in [2.24, 2.45) is 5.92 Å². The molecule has 1 aromatic rings. The normalized spacial score (nSPS) is 17.8. The summed E-state index contributed by atoms with van der Waals surface area (Å²) in [7, 11) is 0. The predicted molar refractivity (Wildman–Crippen MR) is 73.7 cm³/mol. The summed E-state index contributed by atoms with van der Waals surface area (Å²) in [5.41, 5.74) is 0. The molecule has 1 fully saturated rings. The first-order valence-corrected chi connectivity index (χ1v) is 7.15. The van der Waals surface area contributed by atoms with E-state index >= 15 is 0 Å². The van der Waals surface area contributed by atoms with Crippen LogP contribution < -0.4 is 5.32 Å². The molecular weight excluding hydrogens is 262 g/mol. The number of nitrogens with one attached hydrogen (secondary N) is 1. The lowest BCUT2D eigenvalue weighted by Gasteiger charge is -2.07. The van der Waals surface area contributed by atoms with Gasteiger partial charge < -0.3 is 15.2 Å². The van der Waals surface area contributed by atoms with Gasteiger partial charge in [0, 0.05) is 17.9 Å². The van der Waals surface area contributed by atoms with E-state index < -0.39 is 0 Å². The summed E-state index contributed by atoms with van der Waals surface area (Å²) in [6, 6.07) is 3.91. The summed E-state index contributed by atoms with van der Waals surface area (Å²) < 4.78 is 5.19. The minimum atomic E-state index is 0.00350. The van der Waals surface area contributed by atoms with Crippen molar-refractivity contribution in [2.45, 2.75) is 19.4 Å². The van der Waals surface area contributed by atoms with Gasteiger partial charge in [0.25, 0.3) is 0 Å². The van der Waals surface area contributed by atoms with Gasteiger partial charge in [-0.05, 0) is 18.6 Å². The van der Waals surface area contributed by atoms with Crippen molar-refractivity contribution in [3.05, 3.63) is 21.9 Å². The Morgan fingerprint density at radius 3 is 3.21 bits per heavy atom. The van der Waals surface area contributed by atoms with Crippen LogP contribution in [-0.2, 0) is 16.1 Å². The van der Waals surface area contributed by atoms with Gasteiger partial charge >= 0.3 is 0 Å². The van der Waals surface area contributed by atoms with E-state index in [2.05, 4.69) is 17.2 Å². The third-order valence-corrected chi connectivity index (χ3v) is 3.85. The smallest absolute Gasteiger partial charge is 0.225 e. The molecule has 0 aromatic carbocycles. The minimum Gasteiger partial charge on any atom is -0.395 e. The summed E-state index contributed by atoms with van der Waals surface area (Å²) in [4.78, 5) is 13.8. The Balaban J connectivity index is 1.80. The van der Waals surface area contributed by atoms with Crippen LogP contribution in [0.1, 0.15) is 22.6 Å². The van der Waals surface area contributed by atoms with Gasteiger partial charge in [-0.2, -0.15) is 0 Å². The van der Waals surface area contributed by atoms with Gasteiger partial charge in [-0.15, -0.1) is 11.3 Å². The van der Waals surface area contributed by atoms with E-state index in [9.17, 15) is 4.79 Å². The first-order valence-electron chi connectivity index (χ1n) is 6.33. The highest BCUT2D eigenvalue weighted by Gasteiger charge is 2.22. The van der Waals surface area contributed by atoms with Crippen molar-refractivity contribution < 1.29 is 14.6 Å². The number of aliphatic hydroxyl groups excluding tert-OH is 1. The van der Waals surface area contributed by atoms with Crippen LogP contribution in [0.25, 0.3) is 0 Å². The van der Waals surface area contributed by atoms with Gasteiger partial charge in [0.05, 0.1) is 30.6 Å².